The number of methoxy groups -OCH3 is 1. The van der Waals surface area contributed by atoms with Gasteiger partial charge in [-0.15, -0.1) is 0 Å². The summed E-state index contributed by atoms with van der Waals surface area (Å²) >= 11 is 0. The molecule has 0 unspecified atom stereocenters. The fourth-order valence-electron chi connectivity index (χ4n) is 1.69. The molecule has 0 saturated heterocycles. The number of aliphatic hydroxyl groups excluding tert-OH is 2. The molecule has 0 spiro atoms. The molecule has 0 aliphatic carbocycles. The minimum atomic E-state index is 0.0417. The van der Waals surface area contributed by atoms with E-state index in [1.165, 1.54) is 24.0 Å². The highest BCUT2D eigenvalue weighted by Crippen LogP contribution is 2.13. The molecule has 2 N–H and O–H groups in total. The summed E-state index contributed by atoms with van der Waals surface area (Å²) in [5.41, 5.74) is 2.76. The number of unbranched alkanes of at least 4 members (excludes halogenated alkanes) is 1. The van der Waals surface area contributed by atoms with Crippen LogP contribution in [-0.4, -0.2) is 63.6 Å². The van der Waals surface area contributed by atoms with Crippen molar-refractivity contribution in [1.29, 1.82) is 0 Å². The van der Waals surface area contributed by atoms with Gasteiger partial charge in [0.1, 0.15) is 0 Å². The predicted molar refractivity (Wildman–Crippen MR) is 108 cm³/mol. The van der Waals surface area contributed by atoms with Gasteiger partial charge in [-0.2, -0.15) is 0 Å². The molecule has 0 radical (unpaired) electrons. The van der Waals surface area contributed by atoms with Gasteiger partial charge in [-0.25, -0.2) is 0 Å². The van der Waals surface area contributed by atoms with Crippen molar-refractivity contribution in [3.63, 3.8) is 0 Å². The number of ether oxygens (including phenoxy) is 3. The number of benzene rings is 1. The summed E-state index contributed by atoms with van der Waals surface area (Å²) in [6, 6.07) is 8.71. The Bertz CT molecular complexity index is 353. The molecule has 0 heterocycles. The Morgan fingerprint density at radius 2 is 1.35 bits per heavy atom. The van der Waals surface area contributed by atoms with Crippen molar-refractivity contribution in [2.24, 2.45) is 0 Å². The first-order valence-corrected chi connectivity index (χ1v) is 9.46. The van der Waals surface area contributed by atoms with Gasteiger partial charge in [-0.3, -0.25) is 0 Å². The van der Waals surface area contributed by atoms with Gasteiger partial charge in [0.2, 0.25) is 0 Å². The molecule has 1 aromatic rings. The third-order valence-corrected chi connectivity index (χ3v) is 3.29. The molecule has 26 heavy (non-hydrogen) atoms. The molecule has 1 aromatic carbocycles. The number of aliphatic hydroxyl groups is 2. The van der Waals surface area contributed by atoms with Crippen molar-refractivity contribution in [1.82, 2.24) is 0 Å². The summed E-state index contributed by atoms with van der Waals surface area (Å²) in [7, 11) is 1.73. The normalized spacial score (nSPS) is 10.0. The van der Waals surface area contributed by atoms with Crippen molar-refractivity contribution in [2.45, 2.75) is 46.5 Å². The maximum absolute atomic E-state index is 8.26. The molecule has 0 amide bonds. The van der Waals surface area contributed by atoms with E-state index < -0.39 is 0 Å². The van der Waals surface area contributed by atoms with E-state index in [9.17, 15) is 0 Å². The van der Waals surface area contributed by atoms with Gasteiger partial charge in [0, 0.05) is 13.7 Å². The van der Waals surface area contributed by atoms with Crippen LogP contribution in [0.15, 0.2) is 24.3 Å². The first kappa shape index (κ1) is 27.2. The minimum Gasteiger partial charge on any atom is -0.394 e. The Labute approximate surface area is 160 Å². The van der Waals surface area contributed by atoms with E-state index in [0.29, 0.717) is 32.3 Å². The lowest BCUT2D eigenvalue weighted by atomic mass is 10.0. The molecule has 5 nitrogen and oxygen atoms in total. The summed E-state index contributed by atoms with van der Waals surface area (Å²) in [6.07, 6.45) is 2.42. The molecular formula is C21H40O5. The zero-order valence-corrected chi connectivity index (χ0v) is 17.4. The van der Waals surface area contributed by atoms with Crippen molar-refractivity contribution in [3.8, 4) is 0 Å². The molecule has 5 heteroatoms. The SMILES string of the molecule is CCCCOC.Cc1ccc(C(C)C)cc1.OCCOCCOCCO. The lowest BCUT2D eigenvalue weighted by Crippen LogP contribution is -2.09. The van der Waals surface area contributed by atoms with E-state index in [1.54, 1.807) is 7.11 Å². The second-order valence-corrected chi connectivity index (χ2v) is 6.08. The van der Waals surface area contributed by atoms with Crippen LogP contribution < -0.4 is 0 Å². The zero-order valence-electron chi connectivity index (χ0n) is 17.4. The van der Waals surface area contributed by atoms with E-state index in [1.807, 2.05) is 0 Å². The molecule has 0 saturated carbocycles. The quantitative estimate of drug-likeness (QED) is 0.581. The van der Waals surface area contributed by atoms with Gasteiger partial charge in [0.25, 0.3) is 0 Å². The van der Waals surface area contributed by atoms with Gasteiger partial charge >= 0.3 is 0 Å². The first-order valence-electron chi connectivity index (χ1n) is 9.46. The third kappa shape index (κ3) is 21.1. The molecule has 1 rings (SSSR count). The average molecular weight is 373 g/mol. The Balaban J connectivity index is 0. The summed E-state index contributed by atoms with van der Waals surface area (Å²) in [4.78, 5) is 0. The fraction of sp³-hybridized carbons (Fsp3) is 0.714. The van der Waals surface area contributed by atoms with Crippen molar-refractivity contribution >= 4 is 0 Å². The summed E-state index contributed by atoms with van der Waals surface area (Å²) in [5.74, 6) is 0.653. The van der Waals surface area contributed by atoms with Crippen LogP contribution in [0.1, 0.15) is 50.7 Å². The van der Waals surface area contributed by atoms with Gasteiger partial charge in [-0.1, -0.05) is 57.0 Å². The number of hydrogen-bond acceptors (Lipinski definition) is 5. The van der Waals surface area contributed by atoms with Crippen molar-refractivity contribution in [3.05, 3.63) is 35.4 Å². The van der Waals surface area contributed by atoms with Gasteiger partial charge in [-0.05, 0) is 24.8 Å². The van der Waals surface area contributed by atoms with Crippen LogP contribution in [0.3, 0.4) is 0 Å². The second-order valence-electron chi connectivity index (χ2n) is 6.08. The van der Waals surface area contributed by atoms with Crippen LogP contribution in [0, 0.1) is 6.92 Å². The fourth-order valence-corrected chi connectivity index (χ4v) is 1.69. The molecule has 0 bridgehead atoms. The Hall–Kier alpha value is -0.980. The van der Waals surface area contributed by atoms with E-state index in [-0.39, 0.29) is 13.2 Å². The van der Waals surface area contributed by atoms with Crippen LogP contribution >= 0.6 is 0 Å². The maximum Gasteiger partial charge on any atom is 0.0701 e. The summed E-state index contributed by atoms with van der Waals surface area (Å²) in [5, 5.41) is 16.5. The molecular weight excluding hydrogens is 332 g/mol. The smallest absolute Gasteiger partial charge is 0.0701 e. The van der Waals surface area contributed by atoms with Crippen LogP contribution in [0.4, 0.5) is 0 Å². The molecule has 0 fully saturated rings. The zero-order chi connectivity index (χ0) is 20.0. The molecule has 0 aliphatic heterocycles. The Kier molecular flexibility index (Phi) is 23.1. The molecule has 154 valence electrons. The van der Waals surface area contributed by atoms with E-state index in [0.717, 1.165) is 6.61 Å². The van der Waals surface area contributed by atoms with Crippen LogP contribution in [0.25, 0.3) is 0 Å². The molecule has 0 atom stereocenters. The van der Waals surface area contributed by atoms with Gasteiger partial charge in [0.15, 0.2) is 0 Å². The summed E-state index contributed by atoms with van der Waals surface area (Å²) < 4.78 is 14.5. The minimum absolute atomic E-state index is 0.0417. The number of hydrogen-bond donors (Lipinski definition) is 2. The standard InChI is InChI=1S/C10H14.C6H14O4.C5H12O/c1-8(2)10-6-4-9(3)5-7-10;7-1-3-9-5-6-10-4-2-8;1-3-4-5-6-2/h4-8H,1-3H3;7-8H,1-6H2;3-5H2,1-2H3. The second kappa shape index (κ2) is 22.1. The van der Waals surface area contributed by atoms with Crippen LogP contribution in [-0.2, 0) is 14.2 Å². The van der Waals surface area contributed by atoms with Crippen LogP contribution in [0.2, 0.25) is 0 Å². The highest BCUT2D eigenvalue weighted by Gasteiger charge is 1.95. The number of rotatable bonds is 11. The van der Waals surface area contributed by atoms with Crippen molar-refractivity contribution < 1.29 is 24.4 Å². The van der Waals surface area contributed by atoms with Gasteiger partial charge < -0.3 is 24.4 Å². The topological polar surface area (TPSA) is 68.2 Å². The first-order chi connectivity index (χ1) is 12.5. The van der Waals surface area contributed by atoms with E-state index >= 15 is 0 Å². The number of aryl methyl sites for hydroxylation is 1. The predicted octanol–water partition coefficient (Wildman–Crippen LogP) is 3.56. The monoisotopic (exact) mass is 372 g/mol. The van der Waals surface area contributed by atoms with Gasteiger partial charge in [0.05, 0.1) is 39.6 Å². The largest absolute Gasteiger partial charge is 0.394 e. The Morgan fingerprint density at radius 1 is 0.846 bits per heavy atom. The van der Waals surface area contributed by atoms with E-state index in [4.69, 9.17) is 24.4 Å². The Morgan fingerprint density at radius 3 is 1.65 bits per heavy atom. The average Bonchev–Trinajstić information content (AvgIpc) is 2.64. The third-order valence-electron chi connectivity index (χ3n) is 3.29. The van der Waals surface area contributed by atoms with Crippen LogP contribution in [0.5, 0.6) is 0 Å². The molecule has 0 aromatic heterocycles. The van der Waals surface area contributed by atoms with Crippen molar-refractivity contribution in [2.75, 3.05) is 53.4 Å². The lowest BCUT2D eigenvalue weighted by Gasteiger charge is -2.03. The van der Waals surface area contributed by atoms with E-state index in [2.05, 4.69) is 52.0 Å². The highest BCUT2D eigenvalue weighted by molar-refractivity contribution is 5.23. The lowest BCUT2D eigenvalue weighted by molar-refractivity contribution is 0.0222. The maximum atomic E-state index is 8.26. The summed E-state index contributed by atoms with van der Waals surface area (Å²) in [6.45, 7) is 11.3. The highest BCUT2D eigenvalue weighted by atomic mass is 16.5. The molecule has 0 aliphatic rings.